The van der Waals surface area contributed by atoms with Gasteiger partial charge in [-0.3, -0.25) is 4.79 Å². The highest BCUT2D eigenvalue weighted by Gasteiger charge is 2.32. The fraction of sp³-hybridized carbons (Fsp3) is 0.389. The molecule has 24 heavy (non-hydrogen) atoms. The third-order valence-electron chi connectivity index (χ3n) is 4.52. The van der Waals surface area contributed by atoms with Crippen LogP contribution in [0.4, 0.5) is 0 Å². The van der Waals surface area contributed by atoms with Gasteiger partial charge >= 0.3 is 0 Å². The first-order valence-electron chi connectivity index (χ1n) is 8.18. The number of nitrogens with one attached hydrogen (secondary N) is 2. The van der Waals surface area contributed by atoms with Crippen molar-refractivity contribution in [1.82, 2.24) is 15.5 Å². The molecule has 5 nitrogen and oxygen atoms in total. The SMILES string of the molecule is CC1=C(C(=O)N2CCCCC2)C(c2ccc(C#N)cc2)NC(=S)N1. The molecule has 1 aromatic carbocycles. The predicted octanol–water partition coefficient (Wildman–Crippen LogP) is 2.36. The molecule has 0 spiro atoms. The quantitative estimate of drug-likeness (QED) is 0.809. The Morgan fingerprint density at radius 1 is 1.25 bits per heavy atom. The van der Waals surface area contributed by atoms with Crippen LogP contribution in [0, 0.1) is 11.3 Å². The monoisotopic (exact) mass is 340 g/mol. The lowest BCUT2D eigenvalue weighted by Gasteiger charge is -2.35. The molecule has 1 saturated heterocycles. The normalized spacial score (nSPS) is 20.9. The molecular weight excluding hydrogens is 320 g/mol. The number of hydrogen-bond acceptors (Lipinski definition) is 3. The minimum absolute atomic E-state index is 0.0593. The highest BCUT2D eigenvalue weighted by Crippen LogP contribution is 2.29. The van der Waals surface area contributed by atoms with Crippen LogP contribution in [-0.2, 0) is 4.79 Å². The second-order valence-electron chi connectivity index (χ2n) is 6.16. The van der Waals surface area contributed by atoms with E-state index in [9.17, 15) is 4.79 Å². The number of nitriles is 1. The van der Waals surface area contributed by atoms with Gasteiger partial charge in [-0.15, -0.1) is 0 Å². The standard InChI is InChI=1S/C18H20N4OS/c1-12-15(17(23)22-9-3-2-4-10-22)16(21-18(24)20-12)14-7-5-13(11-19)6-8-14/h5-8,16H,2-4,9-10H2,1H3,(H2,20,21,24). The maximum Gasteiger partial charge on any atom is 0.253 e. The summed E-state index contributed by atoms with van der Waals surface area (Å²) in [6.45, 7) is 3.50. The van der Waals surface area contributed by atoms with Crippen molar-refractivity contribution < 1.29 is 4.79 Å². The summed E-state index contributed by atoms with van der Waals surface area (Å²) in [7, 11) is 0. The molecule has 1 atom stereocenters. The molecule has 124 valence electrons. The Labute approximate surface area is 147 Å². The molecule has 0 aromatic heterocycles. The first-order valence-corrected chi connectivity index (χ1v) is 8.58. The van der Waals surface area contributed by atoms with Gasteiger partial charge in [0.25, 0.3) is 5.91 Å². The Hall–Kier alpha value is -2.39. The van der Waals surface area contributed by atoms with Crippen molar-refractivity contribution >= 4 is 23.2 Å². The molecule has 2 N–H and O–H groups in total. The summed E-state index contributed by atoms with van der Waals surface area (Å²) in [5.41, 5.74) is 3.02. The number of allylic oxidation sites excluding steroid dienone is 1. The summed E-state index contributed by atoms with van der Waals surface area (Å²) in [5, 5.41) is 15.8. The minimum atomic E-state index is -0.291. The number of carbonyl (C=O) groups excluding carboxylic acids is 1. The van der Waals surface area contributed by atoms with E-state index in [0.29, 0.717) is 16.2 Å². The third kappa shape index (κ3) is 3.26. The van der Waals surface area contributed by atoms with Crippen LogP contribution in [-0.4, -0.2) is 29.0 Å². The number of benzene rings is 1. The number of rotatable bonds is 2. The van der Waals surface area contributed by atoms with Crippen molar-refractivity contribution in [1.29, 1.82) is 5.26 Å². The van der Waals surface area contributed by atoms with Crippen molar-refractivity contribution in [3.63, 3.8) is 0 Å². The summed E-state index contributed by atoms with van der Waals surface area (Å²) in [6.07, 6.45) is 3.29. The zero-order valence-corrected chi connectivity index (χ0v) is 14.4. The van der Waals surface area contributed by atoms with E-state index in [4.69, 9.17) is 17.5 Å². The van der Waals surface area contributed by atoms with E-state index in [1.54, 1.807) is 12.1 Å². The number of carbonyl (C=O) groups is 1. The summed E-state index contributed by atoms with van der Waals surface area (Å²) < 4.78 is 0. The van der Waals surface area contributed by atoms with Crippen molar-refractivity contribution in [2.24, 2.45) is 0 Å². The number of thiocarbonyl (C=S) groups is 1. The molecule has 6 heteroatoms. The molecule has 0 aliphatic carbocycles. The Kier molecular flexibility index (Phi) is 4.81. The Morgan fingerprint density at radius 3 is 2.54 bits per heavy atom. The predicted molar refractivity (Wildman–Crippen MR) is 95.9 cm³/mol. The van der Waals surface area contributed by atoms with E-state index in [1.807, 2.05) is 24.0 Å². The van der Waals surface area contributed by atoms with Crippen LogP contribution in [0.5, 0.6) is 0 Å². The zero-order chi connectivity index (χ0) is 17.1. The average molecular weight is 340 g/mol. The number of nitrogens with zero attached hydrogens (tertiary/aromatic N) is 2. The molecule has 0 saturated carbocycles. The van der Waals surface area contributed by atoms with Crippen LogP contribution in [0.1, 0.15) is 43.4 Å². The van der Waals surface area contributed by atoms with Crippen molar-refractivity contribution in [3.05, 3.63) is 46.7 Å². The Bertz CT molecular complexity index is 726. The zero-order valence-electron chi connectivity index (χ0n) is 13.6. The van der Waals surface area contributed by atoms with Crippen LogP contribution in [0.2, 0.25) is 0 Å². The van der Waals surface area contributed by atoms with Gasteiger partial charge in [-0.2, -0.15) is 5.26 Å². The molecule has 2 aliphatic heterocycles. The van der Waals surface area contributed by atoms with Crippen LogP contribution in [0.3, 0.4) is 0 Å². The molecular formula is C18H20N4OS. The molecule has 1 amide bonds. The van der Waals surface area contributed by atoms with E-state index in [2.05, 4.69) is 16.7 Å². The maximum atomic E-state index is 13.1. The molecule has 3 rings (SSSR count). The van der Waals surface area contributed by atoms with Crippen LogP contribution in [0.25, 0.3) is 0 Å². The highest BCUT2D eigenvalue weighted by molar-refractivity contribution is 7.80. The number of amides is 1. The molecule has 1 unspecified atom stereocenters. The summed E-state index contributed by atoms with van der Waals surface area (Å²) >= 11 is 5.27. The van der Waals surface area contributed by atoms with Crippen LogP contribution >= 0.6 is 12.2 Å². The Balaban J connectivity index is 1.95. The van der Waals surface area contributed by atoms with Gasteiger partial charge in [0.1, 0.15) is 0 Å². The van der Waals surface area contributed by atoms with E-state index >= 15 is 0 Å². The minimum Gasteiger partial charge on any atom is -0.351 e. The van der Waals surface area contributed by atoms with E-state index < -0.39 is 0 Å². The second-order valence-corrected chi connectivity index (χ2v) is 6.57. The lowest BCUT2D eigenvalue weighted by Crippen LogP contribution is -2.48. The van der Waals surface area contributed by atoms with Crippen LogP contribution < -0.4 is 10.6 Å². The molecule has 2 aliphatic rings. The van der Waals surface area contributed by atoms with Gasteiger partial charge < -0.3 is 15.5 Å². The average Bonchev–Trinajstić information content (AvgIpc) is 2.61. The lowest BCUT2D eigenvalue weighted by molar-refractivity contribution is -0.128. The van der Waals surface area contributed by atoms with Gasteiger partial charge in [0.05, 0.1) is 23.2 Å². The fourth-order valence-electron chi connectivity index (χ4n) is 3.24. The van der Waals surface area contributed by atoms with Gasteiger partial charge in [-0.1, -0.05) is 12.1 Å². The Morgan fingerprint density at radius 2 is 1.92 bits per heavy atom. The van der Waals surface area contributed by atoms with Gasteiger partial charge in [0.2, 0.25) is 0 Å². The second kappa shape index (κ2) is 7.02. The third-order valence-corrected chi connectivity index (χ3v) is 4.74. The molecule has 2 heterocycles. The number of piperidine rings is 1. The van der Waals surface area contributed by atoms with Crippen molar-refractivity contribution in [3.8, 4) is 6.07 Å². The summed E-state index contributed by atoms with van der Waals surface area (Å²) in [4.78, 5) is 15.0. The summed E-state index contributed by atoms with van der Waals surface area (Å²) in [6, 6.07) is 9.10. The molecule has 1 fully saturated rings. The first kappa shape index (κ1) is 16.5. The van der Waals surface area contributed by atoms with E-state index in [1.165, 1.54) is 6.42 Å². The first-order chi connectivity index (χ1) is 11.6. The number of hydrogen-bond donors (Lipinski definition) is 2. The van der Waals surface area contributed by atoms with Gasteiger partial charge in [-0.05, 0) is 56.1 Å². The maximum absolute atomic E-state index is 13.1. The van der Waals surface area contributed by atoms with Gasteiger partial charge in [-0.25, -0.2) is 0 Å². The van der Waals surface area contributed by atoms with Gasteiger partial charge in [0.15, 0.2) is 5.11 Å². The molecule has 0 radical (unpaired) electrons. The van der Waals surface area contributed by atoms with Crippen molar-refractivity contribution in [2.75, 3.05) is 13.1 Å². The van der Waals surface area contributed by atoms with E-state index in [0.717, 1.165) is 37.2 Å². The van der Waals surface area contributed by atoms with Crippen molar-refractivity contribution in [2.45, 2.75) is 32.2 Å². The highest BCUT2D eigenvalue weighted by atomic mass is 32.1. The topological polar surface area (TPSA) is 68.2 Å². The fourth-order valence-corrected chi connectivity index (χ4v) is 3.52. The molecule has 0 bridgehead atoms. The van der Waals surface area contributed by atoms with Crippen LogP contribution in [0.15, 0.2) is 35.5 Å². The smallest absolute Gasteiger partial charge is 0.253 e. The number of likely N-dealkylation sites (tertiary alicyclic amines) is 1. The summed E-state index contributed by atoms with van der Waals surface area (Å²) in [5.74, 6) is 0.0593. The largest absolute Gasteiger partial charge is 0.351 e. The molecule has 1 aromatic rings. The van der Waals surface area contributed by atoms with E-state index in [-0.39, 0.29) is 11.9 Å². The van der Waals surface area contributed by atoms with Gasteiger partial charge in [0, 0.05) is 18.8 Å². The lowest BCUT2D eigenvalue weighted by atomic mass is 9.93.